The molecule has 0 spiro atoms. The van der Waals surface area contributed by atoms with Crippen LogP contribution in [0.1, 0.15) is 26.7 Å². The van der Waals surface area contributed by atoms with Crippen molar-refractivity contribution in [2.45, 2.75) is 26.7 Å². The summed E-state index contributed by atoms with van der Waals surface area (Å²) in [5.74, 6) is 0.841. The Morgan fingerprint density at radius 3 is 2.68 bits per heavy atom. The molecule has 0 radical (unpaired) electrons. The molecule has 0 saturated carbocycles. The molecule has 2 rings (SSSR count). The van der Waals surface area contributed by atoms with Gasteiger partial charge in [-0.15, -0.1) is 0 Å². The molecule has 0 unspecified atom stereocenters. The molecule has 1 aromatic carbocycles. The highest BCUT2D eigenvalue weighted by molar-refractivity contribution is 9.10. The van der Waals surface area contributed by atoms with Crippen LogP contribution in [0.3, 0.4) is 0 Å². The fourth-order valence-corrected chi connectivity index (χ4v) is 3.67. The second-order valence-corrected chi connectivity index (χ2v) is 6.69. The van der Waals surface area contributed by atoms with Gasteiger partial charge >= 0.3 is 0 Å². The van der Waals surface area contributed by atoms with Gasteiger partial charge in [-0.2, -0.15) is 0 Å². The van der Waals surface area contributed by atoms with Crippen molar-refractivity contribution in [2.24, 2.45) is 10.4 Å². The van der Waals surface area contributed by atoms with E-state index in [2.05, 4.69) is 40.1 Å². The second kappa shape index (κ2) is 6.27. The number of nitrogens with one attached hydrogen (secondary N) is 1. The standard InChI is InChI=1S/C14H18BrFN2S/c1-3-14(4-2)8-17-13(19-9-14)18-10-5-6-12(16)11(15)7-10/h5-7H,3-4,8-9H2,1-2H3,(H,17,18). The van der Waals surface area contributed by atoms with Crippen LogP contribution in [-0.2, 0) is 0 Å². The van der Waals surface area contributed by atoms with E-state index in [0.717, 1.165) is 36.0 Å². The normalized spacial score (nSPS) is 18.0. The Kier molecular flexibility index (Phi) is 4.90. The first kappa shape index (κ1) is 14.9. The van der Waals surface area contributed by atoms with Gasteiger partial charge in [0.1, 0.15) is 5.82 Å². The third-order valence-corrected chi connectivity index (χ3v) is 5.61. The van der Waals surface area contributed by atoms with Gasteiger partial charge in [-0.05, 0) is 52.4 Å². The molecule has 0 aromatic heterocycles. The monoisotopic (exact) mass is 344 g/mol. The lowest BCUT2D eigenvalue weighted by Crippen LogP contribution is -2.32. The van der Waals surface area contributed by atoms with Crippen LogP contribution in [0.25, 0.3) is 0 Å². The van der Waals surface area contributed by atoms with Gasteiger partial charge in [0.05, 0.1) is 4.47 Å². The summed E-state index contributed by atoms with van der Waals surface area (Å²) in [5, 5.41) is 4.18. The number of halogens is 2. The van der Waals surface area contributed by atoms with E-state index < -0.39 is 0 Å². The van der Waals surface area contributed by atoms with Gasteiger partial charge in [0.2, 0.25) is 0 Å². The molecule has 0 amide bonds. The smallest absolute Gasteiger partial charge is 0.161 e. The largest absolute Gasteiger partial charge is 0.335 e. The summed E-state index contributed by atoms with van der Waals surface area (Å²) in [4.78, 5) is 4.63. The first-order chi connectivity index (χ1) is 9.08. The Morgan fingerprint density at radius 1 is 1.42 bits per heavy atom. The van der Waals surface area contributed by atoms with Crippen LogP contribution >= 0.6 is 27.7 Å². The number of rotatable bonds is 3. The minimum Gasteiger partial charge on any atom is -0.335 e. The summed E-state index contributed by atoms with van der Waals surface area (Å²) < 4.78 is 13.6. The van der Waals surface area contributed by atoms with Crippen molar-refractivity contribution in [1.29, 1.82) is 0 Å². The maximum absolute atomic E-state index is 13.2. The maximum atomic E-state index is 13.2. The first-order valence-corrected chi connectivity index (χ1v) is 8.26. The van der Waals surface area contributed by atoms with Gasteiger partial charge in [0.25, 0.3) is 0 Å². The van der Waals surface area contributed by atoms with Gasteiger partial charge in [-0.25, -0.2) is 4.39 Å². The van der Waals surface area contributed by atoms with Crippen LogP contribution in [0, 0.1) is 11.2 Å². The first-order valence-electron chi connectivity index (χ1n) is 6.48. The SMILES string of the molecule is CCC1(CC)CN=C(Nc2ccc(F)c(Br)c2)SC1. The molecule has 0 bridgehead atoms. The summed E-state index contributed by atoms with van der Waals surface area (Å²) >= 11 is 4.94. The average molecular weight is 345 g/mol. The minimum atomic E-state index is -0.250. The average Bonchev–Trinajstić information content (AvgIpc) is 2.44. The van der Waals surface area contributed by atoms with Gasteiger partial charge in [-0.1, -0.05) is 25.6 Å². The third kappa shape index (κ3) is 3.51. The topological polar surface area (TPSA) is 24.4 Å². The van der Waals surface area contributed by atoms with Crippen molar-refractivity contribution in [1.82, 2.24) is 0 Å². The summed E-state index contributed by atoms with van der Waals surface area (Å²) in [6.07, 6.45) is 2.32. The van der Waals surface area contributed by atoms with E-state index in [0.29, 0.717) is 9.89 Å². The third-order valence-electron chi connectivity index (χ3n) is 3.74. The van der Waals surface area contributed by atoms with E-state index in [-0.39, 0.29) is 5.82 Å². The van der Waals surface area contributed by atoms with E-state index in [1.807, 2.05) is 0 Å². The molecule has 1 heterocycles. The van der Waals surface area contributed by atoms with E-state index >= 15 is 0 Å². The lowest BCUT2D eigenvalue weighted by Gasteiger charge is -2.33. The lowest BCUT2D eigenvalue weighted by atomic mass is 9.84. The molecular formula is C14H18BrFN2S. The Labute approximate surface area is 126 Å². The molecule has 2 nitrogen and oxygen atoms in total. The maximum Gasteiger partial charge on any atom is 0.161 e. The Bertz CT molecular complexity index is 486. The van der Waals surface area contributed by atoms with Crippen LogP contribution in [0.2, 0.25) is 0 Å². The van der Waals surface area contributed by atoms with Gasteiger partial charge in [0.15, 0.2) is 5.17 Å². The Morgan fingerprint density at radius 2 is 2.16 bits per heavy atom. The molecule has 1 N–H and O–H groups in total. The molecule has 1 aliphatic rings. The number of amidine groups is 1. The van der Waals surface area contributed by atoms with E-state index in [1.165, 1.54) is 6.07 Å². The van der Waals surface area contributed by atoms with Crippen molar-refractivity contribution < 1.29 is 4.39 Å². The fraction of sp³-hybridized carbons (Fsp3) is 0.500. The van der Waals surface area contributed by atoms with Crippen molar-refractivity contribution in [2.75, 3.05) is 17.6 Å². The van der Waals surface area contributed by atoms with Crippen LogP contribution < -0.4 is 5.32 Å². The molecule has 1 aromatic rings. The minimum absolute atomic E-state index is 0.250. The number of aliphatic imine (C=N–C) groups is 1. The Balaban J connectivity index is 2.05. The molecule has 0 saturated heterocycles. The zero-order valence-corrected chi connectivity index (χ0v) is 13.6. The highest BCUT2D eigenvalue weighted by atomic mass is 79.9. The van der Waals surface area contributed by atoms with Crippen LogP contribution in [0.15, 0.2) is 27.7 Å². The number of thioether (sulfide) groups is 1. The van der Waals surface area contributed by atoms with Crippen LogP contribution in [-0.4, -0.2) is 17.5 Å². The number of hydrogen-bond acceptors (Lipinski definition) is 3. The summed E-state index contributed by atoms with van der Waals surface area (Å²) in [6.45, 7) is 5.34. The molecule has 0 aliphatic carbocycles. The fourth-order valence-electron chi connectivity index (χ4n) is 2.00. The van der Waals surface area contributed by atoms with E-state index in [4.69, 9.17) is 0 Å². The van der Waals surface area contributed by atoms with Crippen molar-refractivity contribution in [3.63, 3.8) is 0 Å². The second-order valence-electron chi connectivity index (χ2n) is 4.87. The summed E-state index contributed by atoms with van der Waals surface area (Å²) in [5.41, 5.74) is 1.21. The molecular weight excluding hydrogens is 327 g/mol. The summed E-state index contributed by atoms with van der Waals surface area (Å²) in [7, 11) is 0. The zero-order chi connectivity index (χ0) is 13.9. The molecule has 0 fully saturated rings. The molecule has 19 heavy (non-hydrogen) atoms. The predicted octanol–water partition coefficient (Wildman–Crippen LogP) is 4.91. The Hall–Kier alpha value is -0.550. The highest BCUT2D eigenvalue weighted by Gasteiger charge is 2.30. The number of hydrogen-bond donors (Lipinski definition) is 1. The number of benzene rings is 1. The zero-order valence-electron chi connectivity index (χ0n) is 11.2. The van der Waals surface area contributed by atoms with Crippen LogP contribution in [0.4, 0.5) is 10.1 Å². The number of anilines is 1. The quantitative estimate of drug-likeness (QED) is 0.842. The van der Waals surface area contributed by atoms with E-state index in [1.54, 1.807) is 23.9 Å². The van der Waals surface area contributed by atoms with E-state index in [9.17, 15) is 4.39 Å². The van der Waals surface area contributed by atoms with Crippen molar-refractivity contribution in [3.05, 3.63) is 28.5 Å². The van der Waals surface area contributed by atoms with Gasteiger partial charge in [0, 0.05) is 18.0 Å². The lowest BCUT2D eigenvalue weighted by molar-refractivity contribution is 0.318. The highest BCUT2D eigenvalue weighted by Crippen LogP contribution is 2.35. The van der Waals surface area contributed by atoms with Gasteiger partial charge < -0.3 is 5.32 Å². The predicted molar refractivity (Wildman–Crippen MR) is 85.5 cm³/mol. The van der Waals surface area contributed by atoms with Crippen molar-refractivity contribution in [3.8, 4) is 0 Å². The number of nitrogens with zero attached hydrogens (tertiary/aromatic N) is 1. The molecule has 5 heteroatoms. The summed E-state index contributed by atoms with van der Waals surface area (Å²) in [6, 6.07) is 4.91. The van der Waals surface area contributed by atoms with Gasteiger partial charge in [-0.3, -0.25) is 4.99 Å². The van der Waals surface area contributed by atoms with Crippen LogP contribution in [0.5, 0.6) is 0 Å². The van der Waals surface area contributed by atoms with Crippen molar-refractivity contribution >= 4 is 38.5 Å². The molecule has 1 aliphatic heterocycles. The molecule has 104 valence electrons. The molecule has 0 atom stereocenters.